The lowest BCUT2D eigenvalue weighted by molar-refractivity contribution is 0.104. The van der Waals surface area contributed by atoms with Crippen molar-refractivity contribution >= 4 is 0 Å². The highest BCUT2D eigenvalue weighted by Crippen LogP contribution is 2.18. The van der Waals surface area contributed by atoms with Crippen LogP contribution in [0.3, 0.4) is 0 Å². The molecule has 0 aliphatic carbocycles. The molecule has 1 atom stereocenters. The lowest BCUT2D eigenvalue weighted by Gasteiger charge is -2.15. The minimum Gasteiger partial charge on any atom is -0.491 e. The zero-order valence-corrected chi connectivity index (χ0v) is 11.8. The summed E-state index contributed by atoms with van der Waals surface area (Å²) >= 11 is 0. The van der Waals surface area contributed by atoms with Gasteiger partial charge in [0.15, 0.2) is 0 Å². The largest absolute Gasteiger partial charge is 0.491 e. The van der Waals surface area contributed by atoms with Crippen LogP contribution in [0.2, 0.25) is 0 Å². The van der Waals surface area contributed by atoms with E-state index >= 15 is 0 Å². The lowest BCUT2D eigenvalue weighted by Crippen LogP contribution is -2.35. The normalized spacial score (nSPS) is 13.1. The van der Waals surface area contributed by atoms with E-state index in [4.69, 9.17) is 4.74 Å². The number of benzene rings is 1. The summed E-state index contributed by atoms with van der Waals surface area (Å²) in [6.07, 6.45) is -0.475. The summed E-state index contributed by atoms with van der Waals surface area (Å²) in [6, 6.07) is 8.43. The van der Waals surface area contributed by atoms with Crippen molar-refractivity contribution in [2.24, 2.45) is 0 Å². The number of aliphatic hydroxyl groups excluding tert-OH is 1. The second kappa shape index (κ2) is 7.39. The molecular weight excluding hydrogens is 226 g/mol. The first kappa shape index (κ1) is 15.0. The van der Waals surface area contributed by atoms with E-state index in [1.54, 1.807) is 0 Å². The molecule has 3 nitrogen and oxygen atoms in total. The maximum Gasteiger partial charge on any atom is 0.119 e. The van der Waals surface area contributed by atoms with Gasteiger partial charge in [-0.3, -0.25) is 0 Å². The van der Waals surface area contributed by atoms with E-state index in [1.807, 2.05) is 12.1 Å². The first-order valence-corrected chi connectivity index (χ1v) is 6.63. The minimum atomic E-state index is -0.475. The molecule has 1 unspecified atom stereocenters. The number of aliphatic hydroxyl groups is 1. The van der Waals surface area contributed by atoms with E-state index in [-0.39, 0.29) is 0 Å². The van der Waals surface area contributed by atoms with E-state index < -0.39 is 6.10 Å². The molecule has 0 heterocycles. The van der Waals surface area contributed by atoms with Crippen molar-refractivity contribution < 1.29 is 9.84 Å². The van der Waals surface area contributed by atoms with Gasteiger partial charge in [0.1, 0.15) is 18.5 Å². The Morgan fingerprint density at radius 3 is 2.22 bits per heavy atom. The predicted octanol–water partition coefficient (Wildman–Crippen LogP) is 2.55. The fraction of sp³-hybridized carbons (Fsp3) is 0.600. The van der Waals surface area contributed by atoms with Gasteiger partial charge in [-0.05, 0) is 23.6 Å². The highest BCUT2D eigenvalue weighted by molar-refractivity contribution is 5.28. The highest BCUT2D eigenvalue weighted by Gasteiger charge is 2.06. The van der Waals surface area contributed by atoms with E-state index in [2.05, 4.69) is 45.1 Å². The molecule has 1 aromatic carbocycles. The molecule has 0 radical (unpaired) electrons. The van der Waals surface area contributed by atoms with Gasteiger partial charge < -0.3 is 15.2 Å². The molecule has 0 aromatic heterocycles. The van der Waals surface area contributed by atoms with Crippen molar-refractivity contribution in [1.29, 1.82) is 0 Å². The molecule has 102 valence electrons. The Kier molecular flexibility index (Phi) is 6.16. The summed E-state index contributed by atoms with van der Waals surface area (Å²) in [5, 5.41) is 12.9. The van der Waals surface area contributed by atoms with Crippen LogP contribution in [0.5, 0.6) is 5.75 Å². The van der Waals surface area contributed by atoms with Crippen LogP contribution in [-0.4, -0.2) is 30.4 Å². The van der Waals surface area contributed by atoms with Crippen molar-refractivity contribution in [2.45, 2.75) is 45.8 Å². The topological polar surface area (TPSA) is 41.5 Å². The van der Waals surface area contributed by atoms with Gasteiger partial charge in [0.25, 0.3) is 0 Å². The van der Waals surface area contributed by atoms with Gasteiger partial charge in [-0.15, -0.1) is 0 Å². The monoisotopic (exact) mass is 251 g/mol. The Morgan fingerprint density at radius 2 is 1.72 bits per heavy atom. The van der Waals surface area contributed by atoms with Gasteiger partial charge in [-0.25, -0.2) is 0 Å². The number of nitrogens with one attached hydrogen (secondary N) is 1. The molecule has 18 heavy (non-hydrogen) atoms. The summed E-state index contributed by atoms with van der Waals surface area (Å²) in [4.78, 5) is 0. The Morgan fingerprint density at radius 1 is 1.11 bits per heavy atom. The zero-order chi connectivity index (χ0) is 13.5. The standard InChI is InChI=1S/C15H25NO2/c1-11(2)13-5-7-15(8-6-13)18-10-14(17)9-16-12(3)4/h5-8,11-12,14,16-17H,9-10H2,1-4H3. The molecule has 0 fully saturated rings. The van der Waals surface area contributed by atoms with E-state index in [9.17, 15) is 5.11 Å². The molecular formula is C15H25NO2. The second-order valence-electron chi connectivity index (χ2n) is 5.25. The van der Waals surface area contributed by atoms with Crippen molar-refractivity contribution in [3.05, 3.63) is 29.8 Å². The summed E-state index contributed by atoms with van der Waals surface area (Å²) in [5.74, 6) is 1.34. The van der Waals surface area contributed by atoms with E-state index in [0.717, 1.165) is 5.75 Å². The molecule has 1 rings (SSSR count). The number of hydrogen-bond acceptors (Lipinski definition) is 3. The summed E-state index contributed by atoms with van der Waals surface area (Å²) in [7, 11) is 0. The van der Waals surface area contributed by atoms with Crippen LogP contribution < -0.4 is 10.1 Å². The van der Waals surface area contributed by atoms with Crippen LogP contribution in [0, 0.1) is 0 Å². The summed E-state index contributed by atoms with van der Waals surface area (Å²) in [5.41, 5.74) is 1.30. The lowest BCUT2D eigenvalue weighted by atomic mass is 10.0. The van der Waals surface area contributed by atoms with Crippen LogP contribution in [-0.2, 0) is 0 Å². The van der Waals surface area contributed by atoms with Crippen molar-refractivity contribution in [2.75, 3.05) is 13.2 Å². The molecule has 1 aromatic rings. The highest BCUT2D eigenvalue weighted by atomic mass is 16.5. The van der Waals surface area contributed by atoms with E-state index in [1.165, 1.54) is 5.56 Å². The van der Waals surface area contributed by atoms with E-state index in [0.29, 0.717) is 25.1 Å². The van der Waals surface area contributed by atoms with Gasteiger partial charge in [0, 0.05) is 12.6 Å². The molecule has 0 spiro atoms. The molecule has 2 N–H and O–H groups in total. The minimum absolute atomic E-state index is 0.320. The SMILES string of the molecule is CC(C)NCC(O)COc1ccc(C(C)C)cc1. The smallest absolute Gasteiger partial charge is 0.119 e. The second-order valence-corrected chi connectivity index (χ2v) is 5.25. The summed E-state index contributed by atoms with van der Waals surface area (Å²) < 4.78 is 5.54. The third-order valence-corrected chi connectivity index (χ3v) is 2.75. The first-order valence-electron chi connectivity index (χ1n) is 6.63. The Bertz CT molecular complexity index is 333. The summed E-state index contributed by atoms with van der Waals surface area (Å²) in [6.45, 7) is 9.31. The van der Waals surface area contributed by atoms with Crippen molar-refractivity contribution in [1.82, 2.24) is 5.32 Å². The number of hydrogen-bond donors (Lipinski definition) is 2. The first-order chi connectivity index (χ1) is 8.49. The van der Waals surface area contributed by atoms with Gasteiger partial charge in [0.05, 0.1) is 0 Å². The molecule has 0 aliphatic heterocycles. The van der Waals surface area contributed by atoms with Gasteiger partial charge >= 0.3 is 0 Å². The molecule has 0 saturated carbocycles. The van der Waals surface area contributed by atoms with Crippen LogP contribution >= 0.6 is 0 Å². The van der Waals surface area contributed by atoms with Gasteiger partial charge in [-0.1, -0.05) is 39.8 Å². The maximum absolute atomic E-state index is 9.71. The average Bonchev–Trinajstić information content (AvgIpc) is 2.34. The van der Waals surface area contributed by atoms with Crippen molar-refractivity contribution in [3.8, 4) is 5.75 Å². The number of ether oxygens (including phenoxy) is 1. The van der Waals surface area contributed by atoms with Crippen LogP contribution in [0.25, 0.3) is 0 Å². The fourth-order valence-corrected chi connectivity index (χ4v) is 1.57. The van der Waals surface area contributed by atoms with Gasteiger partial charge in [0.2, 0.25) is 0 Å². The zero-order valence-electron chi connectivity index (χ0n) is 11.8. The molecule has 3 heteroatoms. The maximum atomic E-state index is 9.71. The quantitative estimate of drug-likeness (QED) is 0.782. The molecule has 0 aliphatic rings. The van der Waals surface area contributed by atoms with Crippen LogP contribution in [0.1, 0.15) is 39.2 Å². The molecule has 0 amide bonds. The molecule has 0 bridgehead atoms. The fourth-order valence-electron chi connectivity index (χ4n) is 1.57. The Labute approximate surface area is 110 Å². The Hall–Kier alpha value is -1.06. The third-order valence-electron chi connectivity index (χ3n) is 2.75. The Balaban J connectivity index is 2.34. The molecule has 0 saturated heterocycles. The van der Waals surface area contributed by atoms with Crippen LogP contribution in [0.4, 0.5) is 0 Å². The third kappa shape index (κ3) is 5.52. The predicted molar refractivity (Wildman–Crippen MR) is 75.2 cm³/mol. The van der Waals surface area contributed by atoms with Crippen LogP contribution in [0.15, 0.2) is 24.3 Å². The number of rotatable bonds is 7. The average molecular weight is 251 g/mol. The van der Waals surface area contributed by atoms with Crippen molar-refractivity contribution in [3.63, 3.8) is 0 Å². The van der Waals surface area contributed by atoms with Gasteiger partial charge in [-0.2, -0.15) is 0 Å².